The second-order valence-corrected chi connectivity index (χ2v) is 5.08. The lowest BCUT2D eigenvalue weighted by atomic mass is 10.4. The van der Waals surface area contributed by atoms with Gasteiger partial charge in [-0.15, -0.1) is 0 Å². The maximum atomic E-state index is 11.8. The highest BCUT2D eigenvalue weighted by atomic mass is 32.2. The second kappa shape index (κ2) is 6.26. The van der Waals surface area contributed by atoms with Crippen LogP contribution in [0.15, 0.2) is 17.3 Å². The Morgan fingerprint density at radius 1 is 1.28 bits per heavy atom. The van der Waals surface area contributed by atoms with E-state index < -0.39 is 10.0 Å². The summed E-state index contributed by atoms with van der Waals surface area (Å²) in [6.07, 6.45) is 2.47. The van der Waals surface area contributed by atoms with Gasteiger partial charge in [-0.2, -0.15) is 0 Å². The average molecular weight is 273 g/mol. The lowest BCUT2D eigenvalue weighted by Gasteiger charge is -2.06. The number of aromatic nitrogens is 2. The molecular formula is C9H15N5O3S. The van der Waals surface area contributed by atoms with Gasteiger partial charge in [0.15, 0.2) is 0 Å². The van der Waals surface area contributed by atoms with E-state index in [0.29, 0.717) is 5.95 Å². The van der Waals surface area contributed by atoms with Crippen molar-refractivity contribution in [1.29, 1.82) is 0 Å². The number of sulfonamides is 1. The second-order valence-electron chi connectivity index (χ2n) is 3.31. The molecule has 0 spiro atoms. The Morgan fingerprint density at radius 2 is 1.89 bits per heavy atom. The van der Waals surface area contributed by atoms with E-state index in [4.69, 9.17) is 0 Å². The molecule has 1 heterocycles. The number of nitrogens with zero attached hydrogens (tertiary/aromatic N) is 2. The number of nitrogens with one attached hydrogen (secondary N) is 3. The number of anilines is 1. The van der Waals surface area contributed by atoms with Gasteiger partial charge in [0.05, 0.1) is 12.4 Å². The van der Waals surface area contributed by atoms with Gasteiger partial charge in [0.1, 0.15) is 4.90 Å². The van der Waals surface area contributed by atoms with Crippen LogP contribution in [0.3, 0.4) is 0 Å². The zero-order valence-electron chi connectivity index (χ0n) is 10.1. The molecule has 3 N–H and O–H groups in total. The van der Waals surface area contributed by atoms with Gasteiger partial charge in [0.2, 0.25) is 21.9 Å². The van der Waals surface area contributed by atoms with Crippen LogP contribution in [-0.2, 0) is 14.8 Å². The lowest BCUT2D eigenvalue weighted by Crippen LogP contribution is -2.29. The maximum Gasteiger partial charge on any atom is 0.243 e. The van der Waals surface area contributed by atoms with Gasteiger partial charge in [0.25, 0.3) is 0 Å². The molecule has 0 radical (unpaired) electrons. The van der Waals surface area contributed by atoms with Gasteiger partial charge >= 0.3 is 0 Å². The summed E-state index contributed by atoms with van der Waals surface area (Å²) in [5, 5.41) is 5.08. The van der Waals surface area contributed by atoms with Gasteiger partial charge in [-0.3, -0.25) is 4.79 Å². The summed E-state index contributed by atoms with van der Waals surface area (Å²) in [5.41, 5.74) is 0. The van der Waals surface area contributed by atoms with Crippen molar-refractivity contribution in [2.45, 2.75) is 11.3 Å². The van der Waals surface area contributed by atoms with Gasteiger partial charge in [-0.25, -0.2) is 23.1 Å². The predicted octanol–water partition coefficient (Wildman–Crippen LogP) is -1.07. The molecule has 0 unspecified atom stereocenters. The van der Waals surface area contributed by atoms with Crippen molar-refractivity contribution in [2.24, 2.45) is 0 Å². The monoisotopic (exact) mass is 273 g/mol. The zero-order chi connectivity index (χ0) is 13.6. The van der Waals surface area contributed by atoms with Crippen LogP contribution in [0.1, 0.15) is 6.42 Å². The normalized spacial score (nSPS) is 11.0. The number of carbonyl (C=O) groups excluding carboxylic acids is 1. The summed E-state index contributed by atoms with van der Waals surface area (Å²) in [4.78, 5) is 18.5. The highest BCUT2D eigenvalue weighted by Crippen LogP contribution is 2.06. The van der Waals surface area contributed by atoms with Crippen molar-refractivity contribution in [3.05, 3.63) is 12.4 Å². The van der Waals surface area contributed by atoms with Crippen LogP contribution in [0.25, 0.3) is 0 Å². The highest BCUT2D eigenvalue weighted by Gasteiger charge is 2.15. The summed E-state index contributed by atoms with van der Waals surface area (Å²) in [5.74, 6) is 0.0961. The minimum absolute atomic E-state index is 0.0236. The molecule has 0 saturated carbocycles. The van der Waals surface area contributed by atoms with Crippen molar-refractivity contribution >= 4 is 21.9 Å². The molecule has 1 rings (SSSR count). The average Bonchev–Trinajstić information content (AvgIpc) is 2.38. The summed E-state index contributed by atoms with van der Waals surface area (Å²) in [6, 6.07) is 0. The molecule has 0 aromatic carbocycles. The van der Waals surface area contributed by atoms with E-state index in [9.17, 15) is 13.2 Å². The Labute approximate surface area is 105 Å². The minimum atomic E-state index is -3.67. The maximum absolute atomic E-state index is 11.8. The number of hydrogen-bond donors (Lipinski definition) is 3. The van der Waals surface area contributed by atoms with Crippen molar-refractivity contribution in [3.63, 3.8) is 0 Å². The van der Waals surface area contributed by atoms with Crippen LogP contribution < -0.4 is 15.4 Å². The number of hydrogen-bond acceptors (Lipinski definition) is 6. The van der Waals surface area contributed by atoms with Crippen LogP contribution in [0.2, 0.25) is 0 Å². The first-order valence-corrected chi connectivity index (χ1v) is 6.68. The zero-order valence-corrected chi connectivity index (χ0v) is 10.9. The Hall–Kier alpha value is -1.74. The number of amides is 1. The van der Waals surface area contributed by atoms with Crippen LogP contribution in [0.4, 0.5) is 5.95 Å². The Balaban J connectivity index is 2.65. The first-order valence-electron chi connectivity index (χ1n) is 5.19. The quantitative estimate of drug-likeness (QED) is 0.608. The SMILES string of the molecule is CNC(=O)CCNS(=O)(=O)c1cnc(NC)nc1. The van der Waals surface area contributed by atoms with Crippen molar-refractivity contribution in [3.8, 4) is 0 Å². The standard InChI is InChI=1S/C9H15N5O3S/c1-10-8(15)3-4-14-18(16,17)7-5-12-9(11-2)13-6-7/h5-6,14H,3-4H2,1-2H3,(H,10,15)(H,11,12,13). The molecule has 18 heavy (non-hydrogen) atoms. The van der Waals surface area contributed by atoms with E-state index in [0.717, 1.165) is 0 Å². The molecule has 100 valence electrons. The first-order chi connectivity index (χ1) is 8.49. The van der Waals surface area contributed by atoms with Crippen molar-refractivity contribution in [2.75, 3.05) is 26.0 Å². The molecule has 0 atom stereocenters. The van der Waals surface area contributed by atoms with Gasteiger partial charge in [-0.1, -0.05) is 0 Å². The summed E-state index contributed by atoms with van der Waals surface area (Å²) in [7, 11) is -0.555. The van der Waals surface area contributed by atoms with Crippen molar-refractivity contribution in [1.82, 2.24) is 20.0 Å². The van der Waals surface area contributed by atoms with E-state index in [1.807, 2.05) is 0 Å². The number of rotatable bonds is 6. The molecule has 1 aromatic heterocycles. The van der Waals surface area contributed by atoms with E-state index in [-0.39, 0.29) is 23.8 Å². The molecule has 0 aliphatic carbocycles. The molecule has 0 fully saturated rings. The Bertz CT molecular complexity index is 499. The van der Waals surface area contributed by atoms with Crippen LogP contribution in [0, 0.1) is 0 Å². The summed E-state index contributed by atoms with van der Waals surface area (Å²) < 4.78 is 25.8. The highest BCUT2D eigenvalue weighted by molar-refractivity contribution is 7.89. The number of carbonyl (C=O) groups is 1. The lowest BCUT2D eigenvalue weighted by molar-refractivity contribution is -0.120. The topological polar surface area (TPSA) is 113 Å². The molecule has 9 heteroatoms. The minimum Gasteiger partial charge on any atom is -0.359 e. The smallest absolute Gasteiger partial charge is 0.243 e. The molecule has 0 saturated heterocycles. The van der Waals surface area contributed by atoms with Crippen LogP contribution in [0.5, 0.6) is 0 Å². The molecule has 0 aliphatic rings. The fourth-order valence-electron chi connectivity index (χ4n) is 1.09. The molecular weight excluding hydrogens is 258 g/mol. The largest absolute Gasteiger partial charge is 0.359 e. The molecule has 0 aliphatic heterocycles. The Kier molecular flexibility index (Phi) is 4.98. The van der Waals surface area contributed by atoms with Gasteiger partial charge in [-0.05, 0) is 0 Å². The molecule has 1 amide bonds. The Morgan fingerprint density at radius 3 is 2.39 bits per heavy atom. The summed E-state index contributed by atoms with van der Waals surface area (Å²) >= 11 is 0. The van der Waals surface area contributed by atoms with Crippen molar-refractivity contribution < 1.29 is 13.2 Å². The predicted molar refractivity (Wildman–Crippen MR) is 65.5 cm³/mol. The van der Waals surface area contributed by atoms with E-state index in [2.05, 4.69) is 25.3 Å². The fraction of sp³-hybridized carbons (Fsp3) is 0.444. The van der Waals surface area contributed by atoms with E-state index in [1.165, 1.54) is 19.4 Å². The third-order valence-corrected chi connectivity index (χ3v) is 3.50. The van der Waals surface area contributed by atoms with E-state index in [1.54, 1.807) is 7.05 Å². The molecule has 0 bridgehead atoms. The molecule has 1 aromatic rings. The van der Waals surface area contributed by atoms with Crippen LogP contribution in [-0.4, -0.2) is 44.9 Å². The fourth-order valence-corrected chi connectivity index (χ4v) is 2.01. The third-order valence-electron chi connectivity index (χ3n) is 2.09. The molecule has 8 nitrogen and oxygen atoms in total. The third kappa shape index (κ3) is 3.93. The first kappa shape index (κ1) is 14.3. The summed E-state index contributed by atoms with van der Waals surface area (Å²) in [6.45, 7) is 0.0236. The van der Waals surface area contributed by atoms with E-state index >= 15 is 0 Å². The van der Waals surface area contributed by atoms with Crippen LogP contribution >= 0.6 is 0 Å². The van der Waals surface area contributed by atoms with Gasteiger partial charge < -0.3 is 10.6 Å². The van der Waals surface area contributed by atoms with Gasteiger partial charge in [0, 0.05) is 27.1 Å².